The van der Waals surface area contributed by atoms with Crippen LogP contribution in [0.5, 0.6) is 0 Å². The standard InChI is InChI=1S/C26H25N3OS/c1-19(7-8-20-5-3-2-4-6-20)28-25(30)17-21-9-11-22(12-10-21)24-18-31-26(29-24)23-13-15-27-16-14-23/h2-6,9-16,18-19H,7-8,17H2,1H3,(H,28,30)/t19-/m0/s1. The molecule has 0 saturated carbocycles. The number of carbonyl (C=O) groups excluding carboxylic acids is 1. The predicted octanol–water partition coefficient (Wildman–Crippen LogP) is 5.55. The van der Waals surface area contributed by atoms with Crippen molar-refractivity contribution < 1.29 is 4.79 Å². The molecule has 156 valence electrons. The second-order valence-corrected chi connectivity index (χ2v) is 8.50. The fraction of sp³-hybridized carbons (Fsp3) is 0.192. The van der Waals surface area contributed by atoms with Crippen LogP contribution in [0.4, 0.5) is 0 Å². The van der Waals surface area contributed by atoms with Crippen LogP contribution in [0, 0.1) is 0 Å². The number of hydrogen-bond acceptors (Lipinski definition) is 4. The van der Waals surface area contributed by atoms with Gasteiger partial charge in [-0.25, -0.2) is 4.98 Å². The number of carbonyl (C=O) groups is 1. The Hall–Kier alpha value is -3.31. The summed E-state index contributed by atoms with van der Waals surface area (Å²) in [6, 6.07) is 22.5. The molecule has 0 radical (unpaired) electrons. The molecule has 1 atom stereocenters. The van der Waals surface area contributed by atoms with Gasteiger partial charge in [0, 0.05) is 34.9 Å². The summed E-state index contributed by atoms with van der Waals surface area (Å²) >= 11 is 1.62. The first-order valence-corrected chi connectivity index (χ1v) is 11.3. The normalized spacial score (nSPS) is 11.8. The Kier molecular flexibility index (Phi) is 6.85. The molecule has 0 bridgehead atoms. The summed E-state index contributed by atoms with van der Waals surface area (Å²) in [7, 11) is 0. The Bertz CT molecular complexity index is 1110. The maximum atomic E-state index is 12.4. The molecule has 4 aromatic rings. The SMILES string of the molecule is C[C@@H](CCc1ccccc1)NC(=O)Cc1ccc(-c2csc(-c3ccncc3)n2)cc1. The summed E-state index contributed by atoms with van der Waals surface area (Å²) in [6.45, 7) is 2.06. The lowest BCUT2D eigenvalue weighted by atomic mass is 10.0. The first-order chi connectivity index (χ1) is 15.2. The van der Waals surface area contributed by atoms with Crippen molar-refractivity contribution in [2.45, 2.75) is 32.2 Å². The third-order valence-corrected chi connectivity index (χ3v) is 6.05. The van der Waals surface area contributed by atoms with E-state index in [0.29, 0.717) is 6.42 Å². The van der Waals surface area contributed by atoms with E-state index in [9.17, 15) is 4.79 Å². The third kappa shape index (κ3) is 5.86. The van der Waals surface area contributed by atoms with E-state index in [0.717, 1.165) is 40.2 Å². The molecule has 2 heterocycles. The molecule has 0 spiro atoms. The lowest BCUT2D eigenvalue weighted by molar-refractivity contribution is -0.121. The summed E-state index contributed by atoms with van der Waals surface area (Å²) in [4.78, 5) is 21.2. The zero-order valence-electron chi connectivity index (χ0n) is 17.5. The molecule has 0 saturated heterocycles. The number of rotatable bonds is 8. The molecular weight excluding hydrogens is 402 g/mol. The van der Waals surface area contributed by atoms with Crippen LogP contribution in [0.2, 0.25) is 0 Å². The summed E-state index contributed by atoms with van der Waals surface area (Å²) in [5, 5.41) is 6.15. The molecule has 2 aromatic carbocycles. The zero-order valence-corrected chi connectivity index (χ0v) is 18.3. The topological polar surface area (TPSA) is 54.9 Å². The predicted molar refractivity (Wildman–Crippen MR) is 127 cm³/mol. The van der Waals surface area contributed by atoms with Crippen LogP contribution in [-0.2, 0) is 17.6 Å². The number of amides is 1. The number of thiazole rings is 1. The smallest absolute Gasteiger partial charge is 0.224 e. The van der Waals surface area contributed by atoms with Crippen LogP contribution in [-0.4, -0.2) is 21.9 Å². The fourth-order valence-electron chi connectivity index (χ4n) is 3.44. The van der Waals surface area contributed by atoms with Gasteiger partial charge in [0.15, 0.2) is 0 Å². The van der Waals surface area contributed by atoms with Crippen LogP contribution in [0.1, 0.15) is 24.5 Å². The highest BCUT2D eigenvalue weighted by atomic mass is 32.1. The van der Waals surface area contributed by atoms with Gasteiger partial charge >= 0.3 is 0 Å². The van der Waals surface area contributed by atoms with E-state index < -0.39 is 0 Å². The Morgan fingerprint density at radius 2 is 1.68 bits per heavy atom. The molecule has 1 N–H and O–H groups in total. The second kappa shape index (κ2) is 10.1. The van der Waals surface area contributed by atoms with Gasteiger partial charge in [-0.05, 0) is 43.0 Å². The number of aromatic nitrogens is 2. The van der Waals surface area contributed by atoms with Gasteiger partial charge in [-0.15, -0.1) is 11.3 Å². The van der Waals surface area contributed by atoms with Crippen molar-refractivity contribution in [3.63, 3.8) is 0 Å². The highest BCUT2D eigenvalue weighted by Crippen LogP contribution is 2.28. The average molecular weight is 428 g/mol. The number of benzene rings is 2. The lowest BCUT2D eigenvalue weighted by Crippen LogP contribution is -2.34. The van der Waals surface area contributed by atoms with E-state index in [-0.39, 0.29) is 11.9 Å². The summed E-state index contributed by atoms with van der Waals surface area (Å²) < 4.78 is 0. The van der Waals surface area contributed by atoms with Crippen molar-refractivity contribution in [3.05, 3.63) is 95.6 Å². The summed E-state index contributed by atoms with van der Waals surface area (Å²) in [5.41, 5.74) is 5.37. The van der Waals surface area contributed by atoms with Gasteiger partial charge in [0.25, 0.3) is 0 Å². The molecule has 0 unspecified atom stereocenters. The van der Waals surface area contributed by atoms with Crippen molar-refractivity contribution >= 4 is 17.2 Å². The van der Waals surface area contributed by atoms with Crippen molar-refractivity contribution in [3.8, 4) is 21.8 Å². The number of nitrogens with zero attached hydrogens (tertiary/aromatic N) is 2. The van der Waals surface area contributed by atoms with Gasteiger partial charge in [0.1, 0.15) is 5.01 Å². The van der Waals surface area contributed by atoms with Crippen molar-refractivity contribution in [2.24, 2.45) is 0 Å². The molecule has 0 aliphatic heterocycles. The second-order valence-electron chi connectivity index (χ2n) is 7.64. The van der Waals surface area contributed by atoms with Crippen LogP contribution >= 0.6 is 11.3 Å². The average Bonchev–Trinajstić information content (AvgIpc) is 3.30. The largest absolute Gasteiger partial charge is 0.353 e. The quantitative estimate of drug-likeness (QED) is 0.401. The number of hydrogen-bond donors (Lipinski definition) is 1. The van der Waals surface area contributed by atoms with E-state index in [1.165, 1.54) is 5.56 Å². The van der Waals surface area contributed by atoms with Crippen molar-refractivity contribution in [1.82, 2.24) is 15.3 Å². The first-order valence-electron chi connectivity index (χ1n) is 10.5. The van der Waals surface area contributed by atoms with Crippen LogP contribution < -0.4 is 5.32 Å². The monoisotopic (exact) mass is 427 g/mol. The molecule has 2 aromatic heterocycles. The minimum atomic E-state index is 0.0574. The van der Waals surface area contributed by atoms with Crippen LogP contribution in [0.3, 0.4) is 0 Å². The van der Waals surface area contributed by atoms with Crippen molar-refractivity contribution in [2.75, 3.05) is 0 Å². The minimum Gasteiger partial charge on any atom is -0.353 e. The molecule has 0 aliphatic rings. The van der Waals surface area contributed by atoms with Gasteiger partial charge in [0.05, 0.1) is 12.1 Å². The molecule has 5 heteroatoms. The van der Waals surface area contributed by atoms with Crippen LogP contribution in [0.15, 0.2) is 84.5 Å². The first kappa shape index (κ1) is 20.9. The summed E-state index contributed by atoms with van der Waals surface area (Å²) in [6.07, 6.45) is 5.83. The number of nitrogens with one attached hydrogen (secondary N) is 1. The number of pyridine rings is 1. The maximum absolute atomic E-state index is 12.4. The maximum Gasteiger partial charge on any atom is 0.224 e. The Morgan fingerprint density at radius 3 is 2.42 bits per heavy atom. The van der Waals surface area contributed by atoms with E-state index in [4.69, 9.17) is 4.98 Å². The van der Waals surface area contributed by atoms with E-state index in [1.54, 1.807) is 23.7 Å². The minimum absolute atomic E-state index is 0.0574. The molecule has 0 aliphatic carbocycles. The molecule has 4 nitrogen and oxygen atoms in total. The van der Waals surface area contributed by atoms with Gasteiger partial charge in [0.2, 0.25) is 5.91 Å². The molecule has 4 rings (SSSR count). The summed E-state index contributed by atoms with van der Waals surface area (Å²) in [5.74, 6) is 0.0574. The van der Waals surface area contributed by atoms with Crippen LogP contribution in [0.25, 0.3) is 21.8 Å². The third-order valence-electron chi connectivity index (χ3n) is 5.16. The van der Waals surface area contributed by atoms with Gasteiger partial charge in [-0.3, -0.25) is 9.78 Å². The van der Waals surface area contributed by atoms with Gasteiger partial charge in [-0.2, -0.15) is 0 Å². The van der Waals surface area contributed by atoms with Gasteiger partial charge < -0.3 is 5.32 Å². The highest BCUT2D eigenvalue weighted by Gasteiger charge is 2.10. The van der Waals surface area contributed by atoms with E-state index in [2.05, 4.69) is 34.7 Å². The molecular formula is C26H25N3OS. The Balaban J connectivity index is 1.30. The van der Waals surface area contributed by atoms with Crippen molar-refractivity contribution in [1.29, 1.82) is 0 Å². The fourth-order valence-corrected chi connectivity index (χ4v) is 4.27. The molecule has 1 amide bonds. The number of aryl methyl sites for hydroxylation is 1. The van der Waals surface area contributed by atoms with E-state index in [1.807, 2.05) is 54.6 Å². The zero-order chi connectivity index (χ0) is 21.5. The lowest BCUT2D eigenvalue weighted by Gasteiger charge is -2.14. The molecule has 31 heavy (non-hydrogen) atoms. The van der Waals surface area contributed by atoms with E-state index >= 15 is 0 Å². The molecule has 0 fully saturated rings. The Morgan fingerprint density at radius 1 is 0.935 bits per heavy atom. The van der Waals surface area contributed by atoms with Gasteiger partial charge in [-0.1, -0.05) is 54.6 Å². The highest BCUT2D eigenvalue weighted by molar-refractivity contribution is 7.13. The Labute approximate surface area is 187 Å².